The maximum absolute atomic E-state index is 12.5. The van der Waals surface area contributed by atoms with Crippen molar-refractivity contribution in [2.75, 3.05) is 5.75 Å². The Morgan fingerprint density at radius 1 is 0.784 bits per heavy atom. The van der Waals surface area contributed by atoms with E-state index in [0.717, 1.165) is 35.1 Å². The molecule has 0 radical (unpaired) electrons. The Hall–Kier alpha value is -3.24. The van der Waals surface area contributed by atoms with E-state index in [4.69, 9.17) is 9.47 Å². The molecule has 278 valence electrons. The maximum Gasteiger partial charge on any atom is 0.338 e. The van der Waals surface area contributed by atoms with E-state index < -0.39 is 12.3 Å². The normalized spacial score (nSPS) is 18.8. The van der Waals surface area contributed by atoms with Crippen molar-refractivity contribution in [1.82, 2.24) is 10.3 Å². The van der Waals surface area contributed by atoms with Crippen molar-refractivity contribution in [3.05, 3.63) is 94.7 Å². The average Bonchev–Trinajstić information content (AvgIpc) is 3.15. The third-order valence-corrected chi connectivity index (χ3v) is 10.9. The second-order valence-electron chi connectivity index (χ2n) is 13.8. The Labute approximate surface area is 309 Å². The van der Waals surface area contributed by atoms with Crippen LogP contribution < -0.4 is 5.32 Å². The minimum Gasteiger partial charge on any atom is -0.478 e. The SMILES string of the molecule is CCCCCCCCCCCCCCCC(=O)NCc1ccc(C2OC(CSc3ncccc3C(=O)O)C(C)C(c3ccc(CO)cc3)O2)cc1. The summed E-state index contributed by atoms with van der Waals surface area (Å²) < 4.78 is 13.1. The van der Waals surface area contributed by atoms with E-state index >= 15 is 0 Å². The summed E-state index contributed by atoms with van der Waals surface area (Å²) in [4.78, 5) is 28.6. The number of benzene rings is 2. The number of hydrogen-bond acceptors (Lipinski definition) is 7. The number of amides is 1. The zero-order chi connectivity index (χ0) is 36.3. The molecule has 51 heavy (non-hydrogen) atoms. The number of carbonyl (C=O) groups is 2. The van der Waals surface area contributed by atoms with Gasteiger partial charge in [-0.25, -0.2) is 9.78 Å². The summed E-state index contributed by atoms with van der Waals surface area (Å²) >= 11 is 1.37. The lowest BCUT2D eigenvalue weighted by molar-refractivity contribution is -0.268. The largest absolute Gasteiger partial charge is 0.478 e. The van der Waals surface area contributed by atoms with E-state index in [0.29, 0.717) is 23.7 Å². The van der Waals surface area contributed by atoms with Gasteiger partial charge in [0.1, 0.15) is 5.03 Å². The molecule has 1 aromatic heterocycles. The number of aromatic nitrogens is 1. The molecular formula is C42H58N2O6S. The number of carboxylic acid groups (broad SMARTS) is 1. The molecule has 0 aliphatic carbocycles. The van der Waals surface area contributed by atoms with Crippen LogP contribution in [0, 0.1) is 5.92 Å². The first kappa shape index (κ1) is 40.5. The molecule has 1 aliphatic heterocycles. The smallest absolute Gasteiger partial charge is 0.338 e. The minimum atomic E-state index is -1.01. The van der Waals surface area contributed by atoms with Gasteiger partial charge in [-0.2, -0.15) is 0 Å². The average molecular weight is 719 g/mol. The standard InChI is InChI=1S/C42H58N2O6S/c1-3-4-5-6-7-8-9-10-11-12-13-14-15-18-38(46)44-28-32-19-25-35(26-20-32)42-49-37(30-51-40-36(41(47)48)17-16-27-43-40)31(2)39(50-42)34-23-21-33(29-45)22-24-34/h16-17,19-27,31,37,39,42,45H,3-15,18,28-30H2,1-2H3,(H,44,46)(H,47,48). The second kappa shape index (κ2) is 22.6. The molecule has 0 saturated carbocycles. The fraction of sp³-hybridized carbons (Fsp3) is 0.548. The molecule has 3 N–H and O–H groups in total. The summed E-state index contributed by atoms with van der Waals surface area (Å²) in [6, 6.07) is 18.9. The highest BCUT2D eigenvalue weighted by Crippen LogP contribution is 2.43. The summed E-state index contributed by atoms with van der Waals surface area (Å²) in [5, 5.41) is 22.7. The van der Waals surface area contributed by atoms with Crippen molar-refractivity contribution < 1.29 is 29.3 Å². The van der Waals surface area contributed by atoms with Crippen molar-refractivity contribution in [3.8, 4) is 0 Å². The quantitative estimate of drug-likeness (QED) is 0.0655. The molecular weight excluding hydrogens is 661 g/mol. The molecule has 1 aliphatic rings. The van der Waals surface area contributed by atoms with Crippen LogP contribution in [0.25, 0.3) is 0 Å². The fourth-order valence-electron chi connectivity index (χ4n) is 6.52. The van der Waals surface area contributed by atoms with Gasteiger partial charge in [-0.15, -0.1) is 11.8 Å². The number of aliphatic hydroxyl groups excluding tert-OH is 1. The molecule has 0 spiro atoms. The number of rotatable bonds is 23. The van der Waals surface area contributed by atoms with Gasteiger partial charge in [0.25, 0.3) is 0 Å². The van der Waals surface area contributed by atoms with Gasteiger partial charge in [0, 0.05) is 36.4 Å². The highest BCUT2D eigenvalue weighted by Gasteiger charge is 2.38. The number of carboxylic acids is 1. The van der Waals surface area contributed by atoms with Gasteiger partial charge in [-0.05, 0) is 35.2 Å². The Morgan fingerprint density at radius 3 is 1.98 bits per heavy atom. The molecule has 0 bridgehead atoms. The van der Waals surface area contributed by atoms with Crippen LogP contribution >= 0.6 is 11.8 Å². The van der Waals surface area contributed by atoms with Crippen LogP contribution in [0.4, 0.5) is 0 Å². The predicted molar refractivity (Wildman–Crippen MR) is 203 cm³/mol. The van der Waals surface area contributed by atoms with Crippen LogP contribution in [0.2, 0.25) is 0 Å². The number of unbranched alkanes of at least 4 members (excludes halogenated alkanes) is 12. The van der Waals surface area contributed by atoms with Crippen molar-refractivity contribution in [2.24, 2.45) is 5.92 Å². The summed E-state index contributed by atoms with van der Waals surface area (Å²) in [7, 11) is 0. The lowest BCUT2D eigenvalue weighted by Crippen LogP contribution is -2.38. The van der Waals surface area contributed by atoms with E-state index in [1.165, 1.54) is 82.4 Å². The summed E-state index contributed by atoms with van der Waals surface area (Å²) in [5.41, 5.74) is 3.84. The van der Waals surface area contributed by atoms with Crippen molar-refractivity contribution in [2.45, 2.75) is 140 Å². The lowest BCUT2D eigenvalue weighted by Gasteiger charge is -2.41. The van der Waals surface area contributed by atoms with Gasteiger partial charge in [0.05, 0.1) is 24.4 Å². The third kappa shape index (κ3) is 13.7. The van der Waals surface area contributed by atoms with Gasteiger partial charge in [-0.3, -0.25) is 4.79 Å². The Morgan fingerprint density at radius 2 is 1.37 bits per heavy atom. The lowest BCUT2D eigenvalue weighted by atomic mass is 9.91. The number of carbonyl (C=O) groups excluding carboxylic acids is 1. The van der Waals surface area contributed by atoms with E-state index in [-0.39, 0.29) is 36.2 Å². The van der Waals surface area contributed by atoms with Gasteiger partial charge in [0.2, 0.25) is 5.91 Å². The molecule has 9 heteroatoms. The van der Waals surface area contributed by atoms with Crippen molar-refractivity contribution in [1.29, 1.82) is 0 Å². The molecule has 2 aromatic carbocycles. The fourth-order valence-corrected chi connectivity index (χ4v) is 7.68. The van der Waals surface area contributed by atoms with Crippen LogP contribution in [0.3, 0.4) is 0 Å². The van der Waals surface area contributed by atoms with E-state index in [2.05, 4.69) is 24.1 Å². The topological polar surface area (TPSA) is 118 Å². The van der Waals surface area contributed by atoms with E-state index in [9.17, 15) is 19.8 Å². The zero-order valence-corrected chi connectivity index (χ0v) is 31.4. The highest BCUT2D eigenvalue weighted by atomic mass is 32.2. The number of nitrogens with zero attached hydrogens (tertiary/aromatic N) is 1. The predicted octanol–water partition coefficient (Wildman–Crippen LogP) is 9.95. The van der Waals surface area contributed by atoms with Crippen LogP contribution in [-0.2, 0) is 27.4 Å². The summed E-state index contributed by atoms with van der Waals surface area (Å²) in [6.45, 7) is 4.77. The first-order chi connectivity index (χ1) is 24.9. The molecule has 4 atom stereocenters. The van der Waals surface area contributed by atoms with Gasteiger partial charge in [0.15, 0.2) is 6.29 Å². The number of aliphatic hydroxyl groups is 1. The molecule has 4 unspecified atom stereocenters. The molecule has 8 nitrogen and oxygen atoms in total. The molecule has 1 fully saturated rings. The van der Waals surface area contributed by atoms with Crippen LogP contribution in [0.1, 0.15) is 149 Å². The third-order valence-electron chi connectivity index (χ3n) is 9.76. The number of nitrogens with one attached hydrogen (secondary N) is 1. The summed E-state index contributed by atoms with van der Waals surface area (Å²) in [6.07, 6.45) is 17.7. The van der Waals surface area contributed by atoms with Gasteiger partial charge < -0.3 is 25.0 Å². The van der Waals surface area contributed by atoms with Crippen LogP contribution in [-0.4, -0.2) is 38.9 Å². The van der Waals surface area contributed by atoms with Gasteiger partial charge in [-0.1, -0.05) is 139 Å². The first-order valence-corrected chi connectivity index (χ1v) is 20.1. The number of thioether (sulfide) groups is 1. The van der Waals surface area contributed by atoms with E-state index in [1.807, 2.05) is 48.5 Å². The van der Waals surface area contributed by atoms with Crippen molar-refractivity contribution >= 4 is 23.6 Å². The summed E-state index contributed by atoms with van der Waals surface area (Å²) in [5.74, 6) is -0.478. The zero-order valence-electron chi connectivity index (χ0n) is 30.6. The number of hydrogen-bond donors (Lipinski definition) is 3. The maximum atomic E-state index is 12.5. The van der Waals surface area contributed by atoms with Crippen LogP contribution in [0.5, 0.6) is 0 Å². The Balaban J connectivity index is 1.24. The molecule has 2 heterocycles. The van der Waals surface area contributed by atoms with E-state index in [1.54, 1.807) is 18.3 Å². The first-order valence-electron chi connectivity index (χ1n) is 19.1. The second-order valence-corrected chi connectivity index (χ2v) is 14.8. The molecule has 4 rings (SSSR count). The molecule has 1 amide bonds. The highest BCUT2D eigenvalue weighted by molar-refractivity contribution is 7.99. The van der Waals surface area contributed by atoms with Gasteiger partial charge >= 0.3 is 5.97 Å². The van der Waals surface area contributed by atoms with Crippen molar-refractivity contribution in [3.63, 3.8) is 0 Å². The minimum absolute atomic E-state index is 0.0331. The number of pyridine rings is 1. The molecule has 1 saturated heterocycles. The van der Waals surface area contributed by atoms with Crippen LogP contribution in [0.15, 0.2) is 71.9 Å². The monoisotopic (exact) mass is 718 g/mol. The Kier molecular flexibility index (Phi) is 18.0. The number of aromatic carboxylic acids is 1. The molecule has 3 aromatic rings. The number of ether oxygens (including phenoxy) is 2. The Bertz CT molecular complexity index is 1450.